The van der Waals surface area contributed by atoms with E-state index in [4.69, 9.17) is 14.2 Å². The minimum absolute atomic E-state index is 0.0202. The van der Waals surface area contributed by atoms with Gasteiger partial charge in [-0.1, -0.05) is 39.3 Å². The summed E-state index contributed by atoms with van der Waals surface area (Å²) >= 11 is 0. The van der Waals surface area contributed by atoms with Crippen LogP contribution in [0.1, 0.15) is 84.8 Å². The standard InChI is InChI=1S/C37H51NO9/c1-17-9-10-37(47-34(17)23-13-24(39)15-25(40)14-23)20(4)11-19(3)28(46-37)16-26-18(2)12-22-7-8-27(41)21(5)29(22)30(26)32(42)31-33(43)35(45-6)36(44)38-31/h12-15,17,19-22,26-30,34-35,39-42H,7-11,16H2,1-6H3,(H,38,44)/b32-31+/t17-,19-,20-,21+,22+,26-,27-,28+,29+,30+,34-,35?,37+/m1/s1. The number of allylic oxidation sites excluding steroid dienone is 3. The Bertz CT molecular complexity index is 1430. The Balaban J connectivity index is 1.34. The van der Waals surface area contributed by atoms with E-state index < -0.39 is 35.6 Å². The molecule has 1 amide bonds. The predicted molar refractivity (Wildman–Crippen MR) is 173 cm³/mol. The van der Waals surface area contributed by atoms with Crippen LogP contribution < -0.4 is 5.32 Å². The maximum absolute atomic E-state index is 13.3. The number of amides is 1. The molecule has 1 aromatic rings. The molecule has 10 heteroatoms. The van der Waals surface area contributed by atoms with Crippen molar-refractivity contribution >= 4 is 11.7 Å². The molecule has 0 aromatic heterocycles. The van der Waals surface area contributed by atoms with Gasteiger partial charge in [-0.2, -0.15) is 0 Å². The van der Waals surface area contributed by atoms with E-state index in [0.717, 1.165) is 24.8 Å². The van der Waals surface area contributed by atoms with Crippen LogP contribution in [0.2, 0.25) is 0 Å². The van der Waals surface area contributed by atoms with E-state index in [2.05, 4.69) is 39.1 Å². The third kappa shape index (κ3) is 6.00. The molecule has 1 spiro atoms. The Morgan fingerprint density at radius 2 is 1.72 bits per heavy atom. The number of nitrogens with one attached hydrogen (secondary N) is 1. The number of rotatable bonds is 5. The maximum atomic E-state index is 13.3. The number of methoxy groups -OCH3 is 1. The first kappa shape index (κ1) is 34.0. The highest BCUT2D eigenvalue weighted by atomic mass is 16.7. The average Bonchev–Trinajstić information content (AvgIpc) is 3.31. The molecular formula is C37H51NO9. The normalized spacial score (nSPS) is 43.3. The lowest BCUT2D eigenvalue weighted by Gasteiger charge is -2.54. The number of phenolic OH excluding ortho intramolecular Hbond substituents is 2. The van der Waals surface area contributed by atoms with Crippen molar-refractivity contribution in [2.75, 3.05) is 7.11 Å². The van der Waals surface area contributed by atoms with Crippen molar-refractivity contribution in [3.63, 3.8) is 0 Å². The fourth-order valence-electron chi connectivity index (χ4n) is 9.55. The lowest BCUT2D eigenvalue weighted by atomic mass is 9.56. The number of hydrogen-bond acceptors (Lipinski definition) is 9. The smallest absolute Gasteiger partial charge is 0.261 e. The molecule has 1 aromatic carbocycles. The van der Waals surface area contributed by atoms with Crippen molar-refractivity contribution in [1.29, 1.82) is 0 Å². The number of Topliss-reactive ketones (excluding diaryl/α,β-unsaturated/α-hetero) is 1. The van der Waals surface area contributed by atoms with Gasteiger partial charge in [0.05, 0.1) is 18.3 Å². The Labute approximate surface area is 277 Å². The molecule has 5 N–H and O–H groups in total. The molecule has 1 unspecified atom stereocenters. The van der Waals surface area contributed by atoms with Crippen molar-refractivity contribution in [3.8, 4) is 11.5 Å². The van der Waals surface area contributed by atoms with Gasteiger partial charge in [0.15, 0.2) is 5.79 Å². The molecule has 4 fully saturated rings. The lowest BCUT2D eigenvalue weighted by molar-refractivity contribution is -0.356. The number of aromatic hydroxyl groups is 2. The molecule has 258 valence electrons. The molecular weight excluding hydrogens is 602 g/mol. The van der Waals surface area contributed by atoms with E-state index in [-0.39, 0.29) is 76.6 Å². The van der Waals surface area contributed by atoms with Crippen LogP contribution in [0.5, 0.6) is 11.5 Å². The van der Waals surface area contributed by atoms with Gasteiger partial charge in [-0.3, -0.25) is 9.59 Å². The van der Waals surface area contributed by atoms with Gasteiger partial charge in [-0.05, 0) is 92.2 Å². The summed E-state index contributed by atoms with van der Waals surface area (Å²) in [5.41, 5.74) is 1.69. The highest BCUT2D eigenvalue weighted by Crippen LogP contribution is 2.55. The average molecular weight is 654 g/mol. The van der Waals surface area contributed by atoms with E-state index in [1.165, 1.54) is 13.2 Å². The van der Waals surface area contributed by atoms with Gasteiger partial charge in [0.2, 0.25) is 11.9 Å². The van der Waals surface area contributed by atoms with E-state index in [9.17, 15) is 30.0 Å². The van der Waals surface area contributed by atoms with Crippen LogP contribution >= 0.6 is 0 Å². The summed E-state index contributed by atoms with van der Waals surface area (Å²) in [7, 11) is 1.30. The fraction of sp³-hybridized carbons (Fsp3) is 0.676. The van der Waals surface area contributed by atoms with Crippen LogP contribution in [0, 0.1) is 47.3 Å². The van der Waals surface area contributed by atoms with Crippen LogP contribution in [0.25, 0.3) is 0 Å². The minimum atomic E-state index is -1.30. The first-order valence-corrected chi connectivity index (χ1v) is 17.3. The molecule has 5 aliphatic rings. The summed E-state index contributed by atoms with van der Waals surface area (Å²) in [5.74, 6) is -2.76. The summed E-state index contributed by atoms with van der Waals surface area (Å²) in [4.78, 5) is 25.9. The molecule has 1 saturated carbocycles. The van der Waals surface area contributed by atoms with Crippen molar-refractivity contribution < 1.29 is 44.2 Å². The van der Waals surface area contributed by atoms with Crippen LogP contribution in [0.4, 0.5) is 0 Å². The quantitative estimate of drug-likeness (QED) is 0.121. The summed E-state index contributed by atoms with van der Waals surface area (Å²) in [6.45, 7) is 10.5. The van der Waals surface area contributed by atoms with Crippen LogP contribution in [0.3, 0.4) is 0 Å². The maximum Gasteiger partial charge on any atom is 0.261 e. The molecule has 3 aliphatic heterocycles. The Morgan fingerprint density at radius 3 is 2.38 bits per heavy atom. The largest absolute Gasteiger partial charge is 0.510 e. The second kappa shape index (κ2) is 12.8. The summed E-state index contributed by atoms with van der Waals surface area (Å²) in [5, 5.41) is 46.1. The monoisotopic (exact) mass is 653 g/mol. The summed E-state index contributed by atoms with van der Waals surface area (Å²) in [6, 6.07) is 4.58. The summed E-state index contributed by atoms with van der Waals surface area (Å²) in [6.07, 6.45) is 4.21. The molecule has 13 atom stereocenters. The third-order valence-electron chi connectivity index (χ3n) is 12.2. The van der Waals surface area contributed by atoms with E-state index >= 15 is 0 Å². The van der Waals surface area contributed by atoms with Crippen molar-refractivity contribution in [1.82, 2.24) is 5.32 Å². The van der Waals surface area contributed by atoms with Crippen LogP contribution in [0.15, 0.2) is 41.3 Å². The molecule has 3 saturated heterocycles. The van der Waals surface area contributed by atoms with Crippen molar-refractivity contribution in [2.24, 2.45) is 47.3 Å². The van der Waals surface area contributed by atoms with Gasteiger partial charge < -0.3 is 40.0 Å². The van der Waals surface area contributed by atoms with Crippen molar-refractivity contribution in [3.05, 3.63) is 46.9 Å². The zero-order valence-corrected chi connectivity index (χ0v) is 28.3. The van der Waals surface area contributed by atoms with Gasteiger partial charge in [-0.15, -0.1) is 0 Å². The number of ketones is 1. The van der Waals surface area contributed by atoms with E-state index in [1.807, 2.05) is 6.92 Å². The second-order valence-corrected chi connectivity index (χ2v) is 15.2. The zero-order chi connectivity index (χ0) is 33.9. The second-order valence-electron chi connectivity index (χ2n) is 15.2. The minimum Gasteiger partial charge on any atom is -0.510 e. The Kier molecular flexibility index (Phi) is 9.28. The Morgan fingerprint density at radius 1 is 1.02 bits per heavy atom. The molecule has 10 nitrogen and oxygen atoms in total. The topological polar surface area (TPSA) is 155 Å². The number of fused-ring (bicyclic) bond motifs is 1. The molecule has 0 radical (unpaired) electrons. The number of aliphatic hydroxyl groups excluding tert-OH is 2. The fourth-order valence-corrected chi connectivity index (χ4v) is 9.55. The molecule has 47 heavy (non-hydrogen) atoms. The first-order valence-electron chi connectivity index (χ1n) is 17.3. The van der Waals surface area contributed by atoms with E-state index in [1.54, 1.807) is 12.1 Å². The highest BCUT2D eigenvalue weighted by Gasteiger charge is 2.54. The summed E-state index contributed by atoms with van der Waals surface area (Å²) < 4.78 is 19.1. The number of carbonyl (C=O) groups is 2. The number of hydrogen-bond donors (Lipinski definition) is 5. The number of ether oxygens (including phenoxy) is 3. The predicted octanol–water partition coefficient (Wildman–Crippen LogP) is 5.43. The molecule has 2 aliphatic carbocycles. The van der Waals surface area contributed by atoms with Crippen molar-refractivity contribution in [2.45, 2.75) is 103 Å². The molecule has 3 heterocycles. The molecule has 6 rings (SSSR count). The molecule has 0 bridgehead atoms. The number of aliphatic hydroxyl groups is 2. The number of benzene rings is 1. The Hall–Kier alpha value is -2.92. The van der Waals surface area contributed by atoms with E-state index in [0.29, 0.717) is 24.8 Å². The van der Waals surface area contributed by atoms with Gasteiger partial charge >= 0.3 is 0 Å². The SMILES string of the molecule is COC1C(=O)N/C(=C(/O)[C@@H]2[C@H]3[C@@H](C)[C@H](O)CC[C@H]3C=C(C)[C@H]2C[C@@H]2O[C@]3(CC[C@@H](C)[C@H](c4cc(O)cc(O)c4)O3)[C@H](C)C[C@H]2C)C1=O. The third-order valence-corrected chi connectivity index (χ3v) is 12.2. The first-order chi connectivity index (χ1) is 22.2. The van der Waals surface area contributed by atoms with Gasteiger partial charge in [0, 0.05) is 31.4 Å². The highest BCUT2D eigenvalue weighted by molar-refractivity contribution is 6.19. The van der Waals surface area contributed by atoms with Gasteiger partial charge in [-0.25, -0.2) is 0 Å². The number of carbonyl (C=O) groups excluding carboxylic acids is 2. The van der Waals surface area contributed by atoms with Gasteiger partial charge in [0.1, 0.15) is 23.0 Å². The lowest BCUT2D eigenvalue weighted by Crippen LogP contribution is -2.55. The number of phenols is 2. The van der Waals surface area contributed by atoms with Gasteiger partial charge in [0.25, 0.3) is 5.91 Å². The van der Waals surface area contributed by atoms with Crippen LogP contribution in [-0.4, -0.2) is 63.3 Å². The van der Waals surface area contributed by atoms with Crippen LogP contribution in [-0.2, 0) is 23.8 Å². The zero-order valence-electron chi connectivity index (χ0n) is 28.3.